The van der Waals surface area contributed by atoms with Crippen LogP contribution in [-0.2, 0) is 7.05 Å². The van der Waals surface area contributed by atoms with E-state index in [-0.39, 0.29) is 5.56 Å². The van der Waals surface area contributed by atoms with Gasteiger partial charge in [-0.25, -0.2) is 8.78 Å². The molecule has 0 aliphatic rings. The number of carbonyl (C=O) groups excluding carboxylic acids is 1. The van der Waals surface area contributed by atoms with Crippen LogP contribution in [0.2, 0.25) is 0 Å². The van der Waals surface area contributed by atoms with Gasteiger partial charge >= 0.3 is 0 Å². The number of hydrogen-bond donors (Lipinski definition) is 1. The number of hydrogen-bond acceptors (Lipinski definition) is 2. The molecule has 6 heteroatoms. The first-order chi connectivity index (χ1) is 12.5. The summed E-state index contributed by atoms with van der Waals surface area (Å²) >= 11 is 0. The van der Waals surface area contributed by atoms with Crippen molar-refractivity contribution in [2.24, 2.45) is 7.05 Å². The monoisotopic (exact) mass is 351 g/mol. The molecule has 1 aromatic heterocycles. The molecule has 1 heterocycles. The molecule has 0 aliphatic heterocycles. The minimum absolute atomic E-state index is 0.173. The van der Waals surface area contributed by atoms with Gasteiger partial charge in [0.05, 0.1) is 11.3 Å². The summed E-state index contributed by atoms with van der Waals surface area (Å²) in [5, 5.41) is 6.35. The number of halogens is 2. The second kappa shape index (κ2) is 7.19. The Morgan fingerprint density at radius 1 is 1.23 bits per heavy atom. The summed E-state index contributed by atoms with van der Waals surface area (Å²) in [4.78, 5) is 12.6. The highest BCUT2D eigenvalue weighted by atomic mass is 19.3. The first-order valence-electron chi connectivity index (χ1n) is 7.78. The van der Waals surface area contributed by atoms with Crippen LogP contribution in [0.3, 0.4) is 0 Å². The lowest BCUT2D eigenvalue weighted by Gasteiger charge is -2.12. The van der Waals surface area contributed by atoms with Gasteiger partial charge in [0.25, 0.3) is 12.3 Å². The number of alkyl halides is 2. The molecule has 0 bridgehead atoms. The second-order valence-electron chi connectivity index (χ2n) is 5.63. The van der Waals surface area contributed by atoms with Crippen LogP contribution in [-0.4, -0.2) is 15.7 Å². The lowest BCUT2D eigenvalue weighted by molar-refractivity contribution is 0.101. The Bertz CT molecular complexity index is 988. The summed E-state index contributed by atoms with van der Waals surface area (Å²) in [7, 11) is 1.48. The third-order valence-corrected chi connectivity index (χ3v) is 3.83. The van der Waals surface area contributed by atoms with Gasteiger partial charge in [0.1, 0.15) is 5.69 Å². The molecule has 3 aromatic rings. The third-order valence-electron chi connectivity index (χ3n) is 3.83. The Morgan fingerprint density at radius 2 is 1.96 bits per heavy atom. The quantitative estimate of drug-likeness (QED) is 0.714. The second-order valence-corrected chi connectivity index (χ2v) is 5.63. The zero-order valence-corrected chi connectivity index (χ0v) is 13.9. The van der Waals surface area contributed by atoms with Crippen molar-refractivity contribution in [2.75, 3.05) is 5.32 Å². The number of benzene rings is 2. The number of nitrogens with one attached hydrogen (secondary N) is 1. The minimum Gasteiger partial charge on any atom is -0.321 e. The molecule has 0 saturated heterocycles. The van der Waals surface area contributed by atoms with Crippen LogP contribution in [0, 0.1) is 12.3 Å². The van der Waals surface area contributed by atoms with Gasteiger partial charge in [0.2, 0.25) is 0 Å². The Hall–Kier alpha value is -3.46. The highest BCUT2D eigenvalue weighted by Crippen LogP contribution is 2.30. The summed E-state index contributed by atoms with van der Waals surface area (Å²) in [5.41, 5.74) is 1.89. The Labute approximate surface area is 149 Å². The SMILES string of the molecule is C#Cc1ccc(-c2ccccc2)c(NC(=O)c2cn(C)nc2C(F)F)c1. The summed E-state index contributed by atoms with van der Waals surface area (Å²) in [5.74, 6) is 1.84. The van der Waals surface area contributed by atoms with Crippen molar-refractivity contribution < 1.29 is 13.6 Å². The van der Waals surface area contributed by atoms with E-state index in [1.807, 2.05) is 30.3 Å². The highest BCUT2D eigenvalue weighted by Gasteiger charge is 2.23. The zero-order chi connectivity index (χ0) is 18.7. The van der Waals surface area contributed by atoms with E-state index in [4.69, 9.17) is 6.42 Å². The molecule has 0 fully saturated rings. The lowest BCUT2D eigenvalue weighted by Crippen LogP contribution is -2.14. The lowest BCUT2D eigenvalue weighted by atomic mass is 10.0. The summed E-state index contributed by atoms with van der Waals surface area (Å²) < 4.78 is 27.4. The summed E-state index contributed by atoms with van der Waals surface area (Å²) in [6.45, 7) is 0. The minimum atomic E-state index is -2.84. The van der Waals surface area contributed by atoms with Gasteiger partial charge in [-0.3, -0.25) is 9.48 Å². The normalized spacial score (nSPS) is 10.6. The van der Waals surface area contributed by atoms with E-state index in [1.54, 1.807) is 18.2 Å². The van der Waals surface area contributed by atoms with Gasteiger partial charge in [0.15, 0.2) is 0 Å². The molecule has 1 amide bonds. The van der Waals surface area contributed by atoms with Crippen molar-refractivity contribution in [3.8, 4) is 23.5 Å². The van der Waals surface area contributed by atoms with Crippen LogP contribution >= 0.6 is 0 Å². The van der Waals surface area contributed by atoms with Crippen molar-refractivity contribution in [3.63, 3.8) is 0 Å². The Balaban J connectivity index is 2.02. The highest BCUT2D eigenvalue weighted by molar-refractivity contribution is 6.07. The van der Waals surface area contributed by atoms with Crippen LogP contribution in [0.25, 0.3) is 11.1 Å². The standard InChI is InChI=1S/C20H15F2N3O/c1-3-13-9-10-15(14-7-5-4-6-8-14)17(11-13)23-20(26)16-12-25(2)24-18(16)19(21)22/h1,4-12,19H,2H3,(H,23,26). The van der Waals surface area contributed by atoms with Gasteiger partial charge in [0, 0.05) is 24.4 Å². The van der Waals surface area contributed by atoms with Crippen LogP contribution in [0.4, 0.5) is 14.5 Å². The largest absolute Gasteiger partial charge is 0.321 e. The predicted octanol–water partition coefficient (Wildman–Crippen LogP) is 4.26. The van der Waals surface area contributed by atoms with Crippen molar-refractivity contribution in [1.29, 1.82) is 0 Å². The number of nitrogens with zero attached hydrogens (tertiary/aromatic N) is 2. The fourth-order valence-electron chi connectivity index (χ4n) is 2.64. The Kier molecular flexibility index (Phi) is 4.81. The molecular weight excluding hydrogens is 336 g/mol. The molecule has 4 nitrogen and oxygen atoms in total. The van der Waals surface area contributed by atoms with E-state index >= 15 is 0 Å². The summed E-state index contributed by atoms with van der Waals surface area (Å²) in [6, 6.07) is 14.6. The van der Waals surface area contributed by atoms with Crippen molar-refractivity contribution in [1.82, 2.24) is 9.78 Å². The van der Waals surface area contributed by atoms with E-state index in [2.05, 4.69) is 16.3 Å². The predicted molar refractivity (Wildman–Crippen MR) is 95.9 cm³/mol. The topological polar surface area (TPSA) is 46.9 Å². The van der Waals surface area contributed by atoms with Crippen LogP contribution in [0.5, 0.6) is 0 Å². The number of aromatic nitrogens is 2. The molecule has 26 heavy (non-hydrogen) atoms. The first-order valence-corrected chi connectivity index (χ1v) is 7.78. The van der Waals surface area contributed by atoms with Gasteiger partial charge in [-0.05, 0) is 17.7 Å². The van der Waals surface area contributed by atoms with E-state index in [0.29, 0.717) is 11.3 Å². The number of anilines is 1. The average molecular weight is 351 g/mol. The Morgan fingerprint density at radius 3 is 2.62 bits per heavy atom. The molecule has 0 saturated carbocycles. The fourth-order valence-corrected chi connectivity index (χ4v) is 2.64. The number of rotatable bonds is 4. The molecule has 3 rings (SSSR count). The summed E-state index contributed by atoms with van der Waals surface area (Å²) in [6.07, 6.45) is 3.86. The zero-order valence-electron chi connectivity index (χ0n) is 13.9. The van der Waals surface area contributed by atoms with E-state index in [0.717, 1.165) is 11.1 Å². The number of amides is 1. The van der Waals surface area contributed by atoms with Crippen LogP contribution in [0.1, 0.15) is 28.0 Å². The van der Waals surface area contributed by atoms with E-state index in [9.17, 15) is 13.6 Å². The number of terminal acetylenes is 1. The maximum absolute atomic E-state index is 13.1. The van der Waals surface area contributed by atoms with Gasteiger partial charge in [-0.2, -0.15) is 5.10 Å². The van der Waals surface area contributed by atoms with Crippen molar-refractivity contribution >= 4 is 11.6 Å². The maximum atomic E-state index is 13.1. The van der Waals surface area contributed by atoms with Gasteiger partial charge in [-0.1, -0.05) is 42.3 Å². The van der Waals surface area contributed by atoms with Gasteiger partial charge in [-0.15, -0.1) is 6.42 Å². The smallest absolute Gasteiger partial charge is 0.282 e. The average Bonchev–Trinajstić information content (AvgIpc) is 3.04. The van der Waals surface area contributed by atoms with Crippen LogP contribution < -0.4 is 5.32 Å². The molecular formula is C20H15F2N3O. The van der Waals surface area contributed by atoms with E-state index in [1.165, 1.54) is 17.9 Å². The van der Waals surface area contributed by atoms with Crippen molar-refractivity contribution in [3.05, 3.63) is 71.5 Å². The molecule has 0 radical (unpaired) electrons. The number of aryl methyl sites for hydroxylation is 1. The molecule has 0 atom stereocenters. The van der Waals surface area contributed by atoms with Gasteiger partial charge < -0.3 is 5.32 Å². The van der Waals surface area contributed by atoms with E-state index < -0.39 is 18.0 Å². The molecule has 0 aliphatic carbocycles. The third kappa shape index (κ3) is 3.47. The molecule has 0 unspecified atom stereocenters. The fraction of sp³-hybridized carbons (Fsp3) is 0.100. The molecule has 0 spiro atoms. The van der Waals surface area contributed by atoms with Crippen molar-refractivity contribution in [2.45, 2.75) is 6.43 Å². The molecule has 130 valence electrons. The maximum Gasteiger partial charge on any atom is 0.282 e. The molecule has 2 aromatic carbocycles. The number of carbonyl (C=O) groups is 1. The first kappa shape index (κ1) is 17.4. The molecule has 1 N–H and O–H groups in total. The van der Waals surface area contributed by atoms with Crippen LogP contribution in [0.15, 0.2) is 54.7 Å².